The first-order chi connectivity index (χ1) is 7.74. The number of rotatable bonds is 7. The first-order valence-electron chi connectivity index (χ1n) is 4.78. The van der Waals surface area contributed by atoms with E-state index in [1.165, 1.54) is 0 Å². The Morgan fingerprint density at radius 1 is 1.44 bits per heavy atom. The number of nitrogens with one attached hydrogen (secondary N) is 1. The molecule has 0 unspecified atom stereocenters. The van der Waals surface area contributed by atoms with Crippen molar-refractivity contribution in [2.45, 2.75) is 12.6 Å². The highest BCUT2D eigenvalue weighted by Gasteiger charge is 2.15. The highest BCUT2D eigenvalue weighted by molar-refractivity contribution is 5.76. The first kappa shape index (κ1) is 12.2. The molecule has 5 heteroatoms. The predicted octanol–water partition coefficient (Wildman–Crippen LogP) is 0.402. The van der Waals surface area contributed by atoms with Crippen LogP contribution in [0.5, 0.6) is 0 Å². The van der Waals surface area contributed by atoms with Gasteiger partial charge in [0, 0.05) is 0 Å². The van der Waals surface area contributed by atoms with E-state index in [4.69, 9.17) is 9.84 Å². The van der Waals surface area contributed by atoms with Crippen LogP contribution in [-0.4, -0.2) is 30.1 Å². The molecule has 0 heterocycles. The van der Waals surface area contributed by atoms with E-state index in [1.54, 1.807) is 0 Å². The van der Waals surface area contributed by atoms with Gasteiger partial charge in [-0.2, -0.15) is 0 Å². The summed E-state index contributed by atoms with van der Waals surface area (Å²) < 4.78 is 5.19. The lowest BCUT2D eigenvalue weighted by atomic mass is 10.2. The van der Waals surface area contributed by atoms with Crippen molar-refractivity contribution in [1.29, 1.82) is 0 Å². The highest BCUT2D eigenvalue weighted by atomic mass is 16.5. The van der Waals surface area contributed by atoms with Gasteiger partial charge in [-0.1, -0.05) is 30.3 Å². The molecule has 5 nitrogen and oxygen atoms in total. The van der Waals surface area contributed by atoms with E-state index in [2.05, 4.69) is 5.32 Å². The van der Waals surface area contributed by atoms with Gasteiger partial charge in [-0.15, -0.1) is 0 Å². The fourth-order valence-corrected chi connectivity index (χ4v) is 1.14. The number of ether oxygens (including phenoxy) is 1. The lowest BCUT2D eigenvalue weighted by Crippen LogP contribution is -2.39. The SMILES string of the molecule is O=CN[C@@H](COCc1ccccc1)C(=O)O. The fourth-order valence-electron chi connectivity index (χ4n) is 1.14. The minimum atomic E-state index is -1.11. The van der Waals surface area contributed by atoms with Gasteiger partial charge in [0.1, 0.15) is 6.04 Å². The Kier molecular flexibility index (Phi) is 5.01. The molecule has 0 spiro atoms. The summed E-state index contributed by atoms with van der Waals surface area (Å²) in [5.41, 5.74) is 0.956. The number of hydrogen-bond acceptors (Lipinski definition) is 3. The van der Waals surface area contributed by atoms with Crippen LogP contribution in [-0.2, 0) is 20.9 Å². The van der Waals surface area contributed by atoms with Crippen molar-refractivity contribution in [2.24, 2.45) is 0 Å². The van der Waals surface area contributed by atoms with E-state index in [0.717, 1.165) is 5.56 Å². The molecule has 0 aromatic heterocycles. The zero-order valence-corrected chi connectivity index (χ0v) is 8.63. The average molecular weight is 223 g/mol. The molecule has 0 bridgehead atoms. The number of carboxylic acid groups (broad SMARTS) is 1. The molecule has 2 N–H and O–H groups in total. The third-order valence-electron chi connectivity index (χ3n) is 1.96. The van der Waals surface area contributed by atoms with Gasteiger partial charge < -0.3 is 15.2 Å². The number of aliphatic carboxylic acids is 1. The molecule has 0 saturated carbocycles. The van der Waals surface area contributed by atoms with Crippen LogP contribution in [0.4, 0.5) is 0 Å². The molecule has 1 amide bonds. The van der Waals surface area contributed by atoms with Crippen molar-refractivity contribution in [3.63, 3.8) is 0 Å². The topological polar surface area (TPSA) is 75.6 Å². The molecule has 1 aromatic carbocycles. The second-order valence-corrected chi connectivity index (χ2v) is 3.18. The van der Waals surface area contributed by atoms with Crippen LogP contribution < -0.4 is 5.32 Å². The smallest absolute Gasteiger partial charge is 0.328 e. The average Bonchev–Trinajstić information content (AvgIpc) is 2.29. The maximum Gasteiger partial charge on any atom is 0.328 e. The summed E-state index contributed by atoms with van der Waals surface area (Å²) in [5, 5.41) is 10.9. The van der Waals surface area contributed by atoms with Gasteiger partial charge in [0.15, 0.2) is 0 Å². The lowest BCUT2D eigenvalue weighted by Gasteiger charge is -2.11. The van der Waals surface area contributed by atoms with Crippen LogP contribution in [0.25, 0.3) is 0 Å². The summed E-state index contributed by atoms with van der Waals surface area (Å²) >= 11 is 0. The minimum Gasteiger partial charge on any atom is -0.480 e. The maximum absolute atomic E-state index is 10.6. The normalized spacial score (nSPS) is 11.8. The van der Waals surface area contributed by atoms with Gasteiger partial charge in [0.25, 0.3) is 0 Å². The number of carbonyl (C=O) groups excluding carboxylic acids is 1. The molecule has 0 radical (unpaired) electrons. The third kappa shape index (κ3) is 4.10. The zero-order valence-electron chi connectivity index (χ0n) is 8.63. The molecule has 0 aliphatic carbocycles. The van der Waals surface area contributed by atoms with Crippen LogP contribution in [0, 0.1) is 0 Å². The summed E-state index contributed by atoms with van der Waals surface area (Å²) in [6.45, 7) is 0.272. The van der Waals surface area contributed by atoms with E-state index in [1.807, 2.05) is 30.3 Å². The number of carbonyl (C=O) groups is 2. The minimum absolute atomic E-state index is 0.0526. The standard InChI is InChI=1S/C11H13NO4/c13-8-12-10(11(14)15)7-16-6-9-4-2-1-3-5-9/h1-5,8,10H,6-7H2,(H,12,13)(H,14,15)/t10-/m0/s1. The highest BCUT2D eigenvalue weighted by Crippen LogP contribution is 2.00. The van der Waals surface area contributed by atoms with E-state index in [0.29, 0.717) is 13.0 Å². The van der Waals surface area contributed by atoms with Crippen molar-refractivity contribution >= 4 is 12.4 Å². The van der Waals surface area contributed by atoms with Crippen LogP contribution in [0.3, 0.4) is 0 Å². The molecule has 1 aromatic rings. The molecule has 0 saturated heterocycles. The number of hydrogen-bond donors (Lipinski definition) is 2. The molecule has 1 rings (SSSR count). The second-order valence-electron chi connectivity index (χ2n) is 3.18. The van der Waals surface area contributed by atoms with Crippen molar-refractivity contribution in [3.8, 4) is 0 Å². The molecule has 86 valence electrons. The summed E-state index contributed by atoms with van der Waals surface area (Å²) in [4.78, 5) is 20.8. The van der Waals surface area contributed by atoms with E-state index in [-0.39, 0.29) is 6.61 Å². The van der Waals surface area contributed by atoms with Crippen LogP contribution in [0.15, 0.2) is 30.3 Å². The van der Waals surface area contributed by atoms with Gasteiger partial charge in [-0.05, 0) is 5.56 Å². The quantitative estimate of drug-likeness (QED) is 0.656. The Balaban J connectivity index is 2.33. The summed E-state index contributed by atoms with van der Waals surface area (Å²) in [6.07, 6.45) is 0.352. The van der Waals surface area contributed by atoms with Crippen LogP contribution >= 0.6 is 0 Å². The molecule has 1 atom stereocenters. The Morgan fingerprint density at radius 2 is 2.12 bits per heavy atom. The van der Waals surface area contributed by atoms with Gasteiger partial charge in [-0.3, -0.25) is 4.79 Å². The van der Waals surface area contributed by atoms with Crippen molar-refractivity contribution in [2.75, 3.05) is 6.61 Å². The molecule has 16 heavy (non-hydrogen) atoms. The number of carboxylic acids is 1. The Bertz CT molecular complexity index is 339. The molecular weight excluding hydrogens is 210 g/mol. The number of amides is 1. The van der Waals surface area contributed by atoms with Crippen LogP contribution in [0.1, 0.15) is 5.56 Å². The van der Waals surface area contributed by atoms with E-state index < -0.39 is 12.0 Å². The molecule has 0 fully saturated rings. The molecule has 0 aliphatic rings. The van der Waals surface area contributed by atoms with Crippen molar-refractivity contribution in [3.05, 3.63) is 35.9 Å². The van der Waals surface area contributed by atoms with Gasteiger partial charge in [0.2, 0.25) is 6.41 Å². The lowest BCUT2D eigenvalue weighted by molar-refractivity contribution is -0.142. The van der Waals surface area contributed by atoms with E-state index >= 15 is 0 Å². The second kappa shape index (κ2) is 6.58. The summed E-state index contributed by atoms with van der Waals surface area (Å²) in [5.74, 6) is -1.11. The third-order valence-corrected chi connectivity index (χ3v) is 1.96. The zero-order chi connectivity index (χ0) is 11.8. The Morgan fingerprint density at radius 3 is 2.69 bits per heavy atom. The Hall–Kier alpha value is -1.88. The first-order valence-corrected chi connectivity index (χ1v) is 4.78. The van der Waals surface area contributed by atoms with Crippen molar-refractivity contribution < 1.29 is 19.4 Å². The van der Waals surface area contributed by atoms with Gasteiger partial charge in [0.05, 0.1) is 13.2 Å². The van der Waals surface area contributed by atoms with Gasteiger partial charge in [-0.25, -0.2) is 4.79 Å². The predicted molar refractivity (Wildman–Crippen MR) is 56.7 cm³/mol. The molecule has 0 aliphatic heterocycles. The maximum atomic E-state index is 10.6. The largest absolute Gasteiger partial charge is 0.480 e. The van der Waals surface area contributed by atoms with Crippen molar-refractivity contribution in [1.82, 2.24) is 5.32 Å². The van der Waals surface area contributed by atoms with Gasteiger partial charge >= 0.3 is 5.97 Å². The summed E-state index contributed by atoms with van der Waals surface area (Å²) in [7, 11) is 0. The fraction of sp³-hybridized carbons (Fsp3) is 0.273. The summed E-state index contributed by atoms with van der Waals surface area (Å²) in [6, 6.07) is 8.39. The molecular formula is C11H13NO4. The number of benzene rings is 1. The Labute approximate surface area is 93.0 Å². The van der Waals surface area contributed by atoms with E-state index in [9.17, 15) is 9.59 Å². The monoisotopic (exact) mass is 223 g/mol. The van der Waals surface area contributed by atoms with Crippen LogP contribution in [0.2, 0.25) is 0 Å².